The second-order valence-corrected chi connectivity index (χ2v) is 4.52. The number of benzene rings is 2. The molecule has 0 bridgehead atoms. The van der Waals surface area contributed by atoms with E-state index in [1.807, 2.05) is 13.0 Å². The number of halogens is 1. The Bertz CT molecular complexity index is 611. The SMILES string of the molecule is Cc1ccc(NC(=O)NCc2ccc(F)cc2)c(N)c1. The maximum absolute atomic E-state index is 12.7. The highest BCUT2D eigenvalue weighted by molar-refractivity contribution is 5.92. The normalized spacial score (nSPS) is 10.1. The quantitative estimate of drug-likeness (QED) is 0.752. The van der Waals surface area contributed by atoms with Crippen molar-refractivity contribution in [3.8, 4) is 0 Å². The summed E-state index contributed by atoms with van der Waals surface area (Å²) in [7, 11) is 0. The Morgan fingerprint density at radius 2 is 1.90 bits per heavy atom. The summed E-state index contributed by atoms with van der Waals surface area (Å²) in [6.07, 6.45) is 0. The van der Waals surface area contributed by atoms with Crippen molar-refractivity contribution in [2.45, 2.75) is 13.5 Å². The fourth-order valence-electron chi connectivity index (χ4n) is 1.75. The number of aryl methyl sites for hydroxylation is 1. The molecule has 0 aliphatic rings. The van der Waals surface area contributed by atoms with Gasteiger partial charge < -0.3 is 16.4 Å². The van der Waals surface area contributed by atoms with Gasteiger partial charge in [-0.3, -0.25) is 0 Å². The van der Waals surface area contributed by atoms with Gasteiger partial charge in [0.05, 0.1) is 11.4 Å². The summed E-state index contributed by atoms with van der Waals surface area (Å²) in [6, 6.07) is 11.0. The average Bonchev–Trinajstić information content (AvgIpc) is 2.41. The summed E-state index contributed by atoms with van der Waals surface area (Å²) in [6.45, 7) is 2.24. The minimum atomic E-state index is -0.357. The number of rotatable bonds is 3. The van der Waals surface area contributed by atoms with Crippen LogP contribution in [0.5, 0.6) is 0 Å². The fraction of sp³-hybridized carbons (Fsp3) is 0.133. The molecule has 4 nitrogen and oxygen atoms in total. The molecular formula is C15H16FN3O. The van der Waals surface area contributed by atoms with Gasteiger partial charge in [-0.05, 0) is 42.3 Å². The molecular weight excluding hydrogens is 257 g/mol. The number of carbonyl (C=O) groups is 1. The first-order chi connectivity index (χ1) is 9.54. The van der Waals surface area contributed by atoms with E-state index in [4.69, 9.17) is 5.73 Å². The van der Waals surface area contributed by atoms with E-state index in [1.54, 1.807) is 24.3 Å². The van der Waals surface area contributed by atoms with E-state index < -0.39 is 0 Å². The lowest BCUT2D eigenvalue weighted by Crippen LogP contribution is -2.28. The van der Waals surface area contributed by atoms with Crippen molar-refractivity contribution in [3.05, 3.63) is 59.4 Å². The zero-order valence-corrected chi connectivity index (χ0v) is 11.1. The van der Waals surface area contributed by atoms with Crippen molar-refractivity contribution in [1.29, 1.82) is 0 Å². The molecule has 2 amide bonds. The van der Waals surface area contributed by atoms with E-state index in [9.17, 15) is 9.18 Å². The highest BCUT2D eigenvalue weighted by Crippen LogP contribution is 2.19. The molecule has 0 fully saturated rings. The number of carbonyl (C=O) groups excluding carboxylic acids is 1. The van der Waals surface area contributed by atoms with Crippen LogP contribution in [0.2, 0.25) is 0 Å². The number of hydrogen-bond acceptors (Lipinski definition) is 2. The van der Waals surface area contributed by atoms with Crippen molar-refractivity contribution in [2.75, 3.05) is 11.1 Å². The predicted molar refractivity (Wildman–Crippen MR) is 77.8 cm³/mol. The average molecular weight is 273 g/mol. The van der Waals surface area contributed by atoms with Crippen molar-refractivity contribution in [3.63, 3.8) is 0 Å². The van der Waals surface area contributed by atoms with Gasteiger partial charge in [-0.2, -0.15) is 0 Å². The van der Waals surface area contributed by atoms with Gasteiger partial charge in [-0.15, -0.1) is 0 Å². The lowest BCUT2D eigenvalue weighted by atomic mass is 10.2. The molecule has 0 saturated carbocycles. The number of urea groups is 1. The molecule has 4 N–H and O–H groups in total. The Labute approximate surface area is 116 Å². The van der Waals surface area contributed by atoms with Crippen molar-refractivity contribution in [2.24, 2.45) is 0 Å². The summed E-state index contributed by atoms with van der Waals surface area (Å²) in [5, 5.41) is 5.35. The molecule has 0 saturated heterocycles. The molecule has 20 heavy (non-hydrogen) atoms. The number of anilines is 2. The Morgan fingerprint density at radius 3 is 2.55 bits per heavy atom. The number of nitrogen functional groups attached to an aromatic ring is 1. The van der Waals surface area contributed by atoms with Crippen molar-refractivity contribution < 1.29 is 9.18 Å². The fourth-order valence-corrected chi connectivity index (χ4v) is 1.75. The summed E-state index contributed by atoms with van der Waals surface area (Å²) in [5.41, 5.74) is 8.73. The summed E-state index contributed by atoms with van der Waals surface area (Å²) in [4.78, 5) is 11.7. The topological polar surface area (TPSA) is 67.2 Å². The standard InChI is InChI=1S/C15H16FN3O/c1-10-2-7-14(13(17)8-10)19-15(20)18-9-11-3-5-12(16)6-4-11/h2-8H,9,17H2,1H3,(H2,18,19,20). The lowest BCUT2D eigenvalue weighted by Gasteiger charge is -2.10. The van der Waals surface area contributed by atoms with Crippen LogP contribution in [0, 0.1) is 12.7 Å². The third-order valence-corrected chi connectivity index (χ3v) is 2.82. The molecule has 0 unspecified atom stereocenters. The van der Waals surface area contributed by atoms with Crippen LogP contribution in [0.1, 0.15) is 11.1 Å². The highest BCUT2D eigenvalue weighted by Gasteiger charge is 2.04. The molecule has 2 aromatic rings. The first-order valence-corrected chi connectivity index (χ1v) is 6.20. The van der Waals surface area contributed by atoms with E-state index >= 15 is 0 Å². The maximum atomic E-state index is 12.7. The Hall–Kier alpha value is -2.56. The van der Waals surface area contributed by atoms with E-state index in [1.165, 1.54) is 12.1 Å². The summed E-state index contributed by atoms with van der Waals surface area (Å²) in [5.74, 6) is -0.300. The largest absolute Gasteiger partial charge is 0.397 e. The lowest BCUT2D eigenvalue weighted by molar-refractivity contribution is 0.252. The van der Waals surface area contributed by atoms with Crippen LogP contribution in [0.15, 0.2) is 42.5 Å². The molecule has 0 aromatic heterocycles. The zero-order chi connectivity index (χ0) is 14.5. The van der Waals surface area contributed by atoms with Gasteiger partial charge in [0.25, 0.3) is 0 Å². The summed E-state index contributed by atoms with van der Waals surface area (Å²) < 4.78 is 12.7. The third kappa shape index (κ3) is 3.71. The van der Waals surface area contributed by atoms with Crippen molar-refractivity contribution >= 4 is 17.4 Å². The second-order valence-electron chi connectivity index (χ2n) is 4.52. The molecule has 0 radical (unpaired) electrons. The monoisotopic (exact) mass is 273 g/mol. The maximum Gasteiger partial charge on any atom is 0.319 e. The van der Waals surface area contributed by atoms with E-state index in [0.29, 0.717) is 17.9 Å². The van der Waals surface area contributed by atoms with Gasteiger partial charge in [-0.25, -0.2) is 9.18 Å². The first-order valence-electron chi connectivity index (χ1n) is 6.20. The highest BCUT2D eigenvalue weighted by atomic mass is 19.1. The molecule has 2 rings (SSSR count). The van der Waals surface area contributed by atoms with E-state index in [0.717, 1.165) is 11.1 Å². The van der Waals surface area contributed by atoms with Crippen LogP contribution in [-0.2, 0) is 6.54 Å². The molecule has 5 heteroatoms. The van der Waals surface area contributed by atoms with Gasteiger partial charge in [0, 0.05) is 6.54 Å². The van der Waals surface area contributed by atoms with Crippen LogP contribution < -0.4 is 16.4 Å². The smallest absolute Gasteiger partial charge is 0.319 e. The molecule has 104 valence electrons. The van der Waals surface area contributed by atoms with E-state index in [-0.39, 0.29) is 11.8 Å². The molecule has 0 aliphatic heterocycles. The Kier molecular flexibility index (Phi) is 4.20. The minimum Gasteiger partial charge on any atom is -0.397 e. The molecule has 2 aromatic carbocycles. The van der Waals surface area contributed by atoms with E-state index in [2.05, 4.69) is 10.6 Å². The van der Waals surface area contributed by atoms with Gasteiger partial charge in [0.2, 0.25) is 0 Å². The van der Waals surface area contributed by atoms with Gasteiger partial charge >= 0.3 is 6.03 Å². The molecule has 0 aliphatic carbocycles. The second kappa shape index (κ2) is 6.06. The Balaban J connectivity index is 1.90. The minimum absolute atomic E-state index is 0.300. The Morgan fingerprint density at radius 1 is 1.20 bits per heavy atom. The van der Waals surface area contributed by atoms with Gasteiger partial charge in [-0.1, -0.05) is 18.2 Å². The number of nitrogens with two attached hydrogens (primary N) is 1. The third-order valence-electron chi connectivity index (χ3n) is 2.82. The van der Waals surface area contributed by atoms with Crippen LogP contribution in [-0.4, -0.2) is 6.03 Å². The van der Waals surface area contributed by atoms with Crippen LogP contribution in [0.25, 0.3) is 0 Å². The number of nitrogens with one attached hydrogen (secondary N) is 2. The predicted octanol–water partition coefficient (Wildman–Crippen LogP) is 3.04. The van der Waals surface area contributed by atoms with Crippen LogP contribution in [0.3, 0.4) is 0 Å². The molecule has 0 atom stereocenters. The first kappa shape index (κ1) is 13.9. The summed E-state index contributed by atoms with van der Waals surface area (Å²) >= 11 is 0. The molecule has 0 spiro atoms. The van der Waals surface area contributed by atoms with Gasteiger partial charge in [0.15, 0.2) is 0 Å². The van der Waals surface area contributed by atoms with Crippen LogP contribution >= 0.6 is 0 Å². The van der Waals surface area contributed by atoms with Crippen molar-refractivity contribution in [1.82, 2.24) is 5.32 Å². The van der Waals surface area contributed by atoms with Gasteiger partial charge in [0.1, 0.15) is 5.82 Å². The molecule has 0 heterocycles. The van der Waals surface area contributed by atoms with Crippen LogP contribution in [0.4, 0.5) is 20.6 Å². The number of amides is 2. The zero-order valence-electron chi connectivity index (χ0n) is 11.1. The number of hydrogen-bond donors (Lipinski definition) is 3.